The fourth-order valence-electron chi connectivity index (χ4n) is 1.78. The first-order valence-electron chi connectivity index (χ1n) is 6.07. The number of rotatable bonds is 6. The van der Waals surface area contributed by atoms with E-state index in [4.69, 9.17) is 15.9 Å². The van der Waals surface area contributed by atoms with Crippen LogP contribution in [0.5, 0.6) is 5.75 Å². The standard InChI is InChI=1S/C14H13NO5/c1-2-6-19-11-5-3-4-10(7-11)9-20-14(16)12-8-13(12)15(17)18/h1,3-5,7,12-13H,6,8-9H2/t12-,13+/m1/s1. The average molecular weight is 275 g/mol. The Morgan fingerprint density at radius 2 is 2.35 bits per heavy atom. The smallest absolute Gasteiger partial charge is 0.316 e. The minimum absolute atomic E-state index is 0.0625. The average Bonchev–Trinajstić information content (AvgIpc) is 3.23. The van der Waals surface area contributed by atoms with E-state index in [1.807, 2.05) is 0 Å². The molecule has 0 amide bonds. The molecule has 6 nitrogen and oxygen atoms in total. The molecule has 0 N–H and O–H groups in total. The second-order valence-electron chi connectivity index (χ2n) is 4.44. The van der Waals surface area contributed by atoms with Crippen LogP contribution in [0.1, 0.15) is 12.0 Å². The predicted molar refractivity (Wildman–Crippen MR) is 69.5 cm³/mol. The maximum atomic E-state index is 11.6. The zero-order chi connectivity index (χ0) is 14.5. The number of benzene rings is 1. The van der Waals surface area contributed by atoms with Gasteiger partial charge in [-0.25, -0.2) is 0 Å². The monoisotopic (exact) mass is 275 g/mol. The van der Waals surface area contributed by atoms with E-state index in [0.29, 0.717) is 5.75 Å². The molecule has 20 heavy (non-hydrogen) atoms. The molecule has 2 rings (SSSR count). The van der Waals surface area contributed by atoms with Crippen molar-refractivity contribution in [1.29, 1.82) is 0 Å². The summed E-state index contributed by atoms with van der Waals surface area (Å²) in [5.41, 5.74) is 0.742. The summed E-state index contributed by atoms with van der Waals surface area (Å²) in [4.78, 5) is 21.6. The van der Waals surface area contributed by atoms with E-state index in [9.17, 15) is 14.9 Å². The molecule has 0 heterocycles. The Morgan fingerprint density at radius 3 is 3.00 bits per heavy atom. The largest absolute Gasteiger partial charge is 0.481 e. The maximum absolute atomic E-state index is 11.6. The van der Waals surface area contributed by atoms with Gasteiger partial charge in [0, 0.05) is 11.3 Å². The molecule has 1 aromatic rings. The van der Waals surface area contributed by atoms with Crippen LogP contribution in [0.15, 0.2) is 24.3 Å². The molecular weight excluding hydrogens is 262 g/mol. The molecule has 1 saturated carbocycles. The number of carbonyl (C=O) groups excluding carboxylic acids is 1. The Morgan fingerprint density at radius 1 is 1.55 bits per heavy atom. The third kappa shape index (κ3) is 3.48. The van der Waals surface area contributed by atoms with Crippen LogP contribution < -0.4 is 4.74 Å². The van der Waals surface area contributed by atoms with Gasteiger partial charge in [0.15, 0.2) is 0 Å². The van der Waals surface area contributed by atoms with E-state index >= 15 is 0 Å². The third-order valence-electron chi connectivity index (χ3n) is 2.93. The summed E-state index contributed by atoms with van der Waals surface area (Å²) >= 11 is 0. The van der Waals surface area contributed by atoms with Crippen molar-refractivity contribution in [3.05, 3.63) is 39.9 Å². The molecule has 104 valence electrons. The highest BCUT2D eigenvalue weighted by Crippen LogP contribution is 2.34. The van der Waals surface area contributed by atoms with Gasteiger partial charge in [0.05, 0.1) is 0 Å². The van der Waals surface area contributed by atoms with Gasteiger partial charge in [0.2, 0.25) is 6.04 Å². The van der Waals surface area contributed by atoms with Gasteiger partial charge in [-0.1, -0.05) is 18.1 Å². The molecule has 1 aliphatic carbocycles. The van der Waals surface area contributed by atoms with Crippen LogP contribution in [0.2, 0.25) is 0 Å². The van der Waals surface area contributed by atoms with Gasteiger partial charge in [0.1, 0.15) is 24.9 Å². The van der Waals surface area contributed by atoms with E-state index in [1.165, 1.54) is 0 Å². The lowest BCUT2D eigenvalue weighted by Gasteiger charge is -2.06. The van der Waals surface area contributed by atoms with Crippen molar-refractivity contribution in [2.45, 2.75) is 19.1 Å². The minimum atomic E-state index is -0.784. The Kier molecular flexibility index (Phi) is 4.20. The topological polar surface area (TPSA) is 78.7 Å². The Bertz CT molecular complexity index is 563. The first kappa shape index (κ1) is 13.9. The zero-order valence-electron chi connectivity index (χ0n) is 10.7. The van der Waals surface area contributed by atoms with Gasteiger partial charge in [-0.05, 0) is 17.7 Å². The van der Waals surface area contributed by atoms with Crippen LogP contribution in [-0.4, -0.2) is 23.5 Å². The fraction of sp³-hybridized carbons (Fsp3) is 0.357. The normalized spacial score (nSPS) is 19.8. The SMILES string of the molecule is C#CCOc1cccc(COC(=O)[C@@H]2C[C@@H]2[N+](=O)[O-])c1. The van der Waals surface area contributed by atoms with Gasteiger partial charge in [-0.2, -0.15) is 0 Å². The molecule has 0 radical (unpaired) electrons. The molecular formula is C14H13NO5. The van der Waals surface area contributed by atoms with Crippen LogP contribution in [-0.2, 0) is 16.1 Å². The van der Waals surface area contributed by atoms with Gasteiger partial charge in [-0.3, -0.25) is 14.9 Å². The van der Waals surface area contributed by atoms with Crippen LogP contribution in [0.4, 0.5) is 0 Å². The molecule has 0 aromatic heterocycles. The number of esters is 1. The van der Waals surface area contributed by atoms with Gasteiger partial charge < -0.3 is 9.47 Å². The second kappa shape index (κ2) is 6.06. The van der Waals surface area contributed by atoms with E-state index in [2.05, 4.69) is 5.92 Å². The van der Waals surface area contributed by atoms with E-state index < -0.39 is 22.9 Å². The number of hydrogen-bond acceptors (Lipinski definition) is 5. The van der Waals surface area contributed by atoms with Crippen molar-refractivity contribution in [3.63, 3.8) is 0 Å². The Hall–Kier alpha value is -2.55. The summed E-state index contributed by atoms with van der Waals surface area (Å²) < 4.78 is 10.3. The fourth-order valence-corrected chi connectivity index (χ4v) is 1.78. The quantitative estimate of drug-likeness (QED) is 0.339. The van der Waals surface area contributed by atoms with Crippen LogP contribution >= 0.6 is 0 Å². The molecule has 0 unspecified atom stereocenters. The lowest BCUT2D eigenvalue weighted by molar-refractivity contribution is -0.497. The molecule has 1 fully saturated rings. The Balaban J connectivity index is 1.84. The van der Waals surface area contributed by atoms with Crippen LogP contribution in [0.25, 0.3) is 0 Å². The van der Waals surface area contributed by atoms with Gasteiger partial charge in [-0.15, -0.1) is 6.42 Å². The molecule has 6 heteroatoms. The lowest BCUT2D eigenvalue weighted by Crippen LogP contribution is -2.13. The lowest BCUT2D eigenvalue weighted by atomic mass is 10.2. The third-order valence-corrected chi connectivity index (χ3v) is 2.93. The van der Waals surface area contributed by atoms with Gasteiger partial charge in [0.25, 0.3) is 0 Å². The van der Waals surface area contributed by atoms with E-state index in [0.717, 1.165) is 5.56 Å². The molecule has 2 atom stereocenters. The summed E-state index contributed by atoms with van der Waals surface area (Å²) in [5.74, 6) is 1.81. The van der Waals surface area contributed by atoms with Crippen molar-refractivity contribution in [1.82, 2.24) is 0 Å². The van der Waals surface area contributed by atoms with Crippen molar-refractivity contribution >= 4 is 5.97 Å². The molecule has 1 aromatic carbocycles. The summed E-state index contributed by atoms with van der Waals surface area (Å²) in [6.07, 6.45) is 5.35. The van der Waals surface area contributed by atoms with Crippen molar-refractivity contribution in [3.8, 4) is 18.1 Å². The highest BCUT2D eigenvalue weighted by Gasteiger charge is 2.54. The number of nitrogens with zero attached hydrogens (tertiary/aromatic N) is 1. The molecule has 0 bridgehead atoms. The van der Waals surface area contributed by atoms with Crippen LogP contribution in [0.3, 0.4) is 0 Å². The van der Waals surface area contributed by atoms with Crippen molar-refractivity contribution < 1.29 is 19.2 Å². The molecule has 1 aliphatic rings. The number of terminal acetylenes is 1. The summed E-state index contributed by atoms with van der Waals surface area (Å²) in [6.45, 7) is 0.225. The Labute approximate surface area is 115 Å². The number of nitro groups is 1. The number of hydrogen-bond donors (Lipinski definition) is 0. The summed E-state index contributed by atoms with van der Waals surface area (Å²) in [6, 6.07) is 6.20. The van der Waals surface area contributed by atoms with Gasteiger partial charge >= 0.3 is 5.97 Å². The number of ether oxygens (including phenoxy) is 2. The van der Waals surface area contributed by atoms with E-state index in [1.54, 1.807) is 24.3 Å². The first-order valence-corrected chi connectivity index (χ1v) is 6.07. The van der Waals surface area contributed by atoms with Crippen molar-refractivity contribution in [2.75, 3.05) is 6.61 Å². The van der Waals surface area contributed by atoms with E-state index in [-0.39, 0.29) is 19.6 Å². The minimum Gasteiger partial charge on any atom is -0.481 e. The van der Waals surface area contributed by atoms with Crippen LogP contribution in [0, 0.1) is 28.4 Å². The molecule has 0 saturated heterocycles. The van der Waals surface area contributed by atoms with Crippen molar-refractivity contribution in [2.24, 2.45) is 5.92 Å². The zero-order valence-corrected chi connectivity index (χ0v) is 10.7. The maximum Gasteiger partial charge on any atom is 0.316 e. The first-order chi connectivity index (χ1) is 9.61. The summed E-state index contributed by atoms with van der Waals surface area (Å²) in [7, 11) is 0. The summed E-state index contributed by atoms with van der Waals surface area (Å²) in [5, 5.41) is 10.5. The second-order valence-corrected chi connectivity index (χ2v) is 4.44. The number of carbonyl (C=O) groups is 1. The highest BCUT2D eigenvalue weighted by atomic mass is 16.6. The predicted octanol–water partition coefficient (Wildman–Crippen LogP) is 1.41. The highest BCUT2D eigenvalue weighted by molar-refractivity contribution is 5.76. The molecule has 0 aliphatic heterocycles. The molecule has 0 spiro atoms.